The van der Waals surface area contributed by atoms with Gasteiger partial charge in [0.2, 0.25) is 0 Å². The van der Waals surface area contributed by atoms with Gasteiger partial charge in [0.1, 0.15) is 11.5 Å². The maximum atomic E-state index is 12.9. The topological polar surface area (TPSA) is 84.9 Å². The number of amides is 3. The van der Waals surface area contributed by atoms with E-state index in [0.29, 0.717) is 22.6 Å². The lowest BCUT2D eigenvalue weighted by molar-refractivity contribution is 0.0642. The number of imide groups is 1. The van der Waals surface area contributed by atoms with Gasteiger partial charge in [0.15, 0.2) is 0 Å². The van der Waals surface area contributed by atoms with Gasteiger partial charge in [-0.05, 0) is 35.9 Å². The van der Waals surface area contributed by atoms with Crippen LogP contribution in [-0.2, 0) is 13.1 Å². The third-order valence-electron chi connectivity index (χ3n) is 5.35. The predicted molar refractivity (Wildman–Crippen MR) is 118 cm³/mol. The number of fused-ring (bicyclic) bond motifs is 1. The summed E-state index contributed by atoms with van der Waals surface area (Å²) in [5.41, 5.74) is 2.48. The molecule has 0 atom stereocenters. The van der Waals surface area contributed by atoms with Crippen molar-refractivity contribution in [2.75, 3.05) is 14.2 Å². The average molecular weight is 430 g/mol. The van der Waals surface area contributed by atoms with Crippen molar-refractivity contribution >= 4 is 17.7 Å². The molecule has 0 radical (unpaired) electrons. The van der Waals surface area contributed by atoms with Crippen molar-refractivity contribution < 1.29 is 23.9 Å². The fourth-order valence-electron chi connectivity index (χ4n) is 3.62. The summed E-state index contributed by atoms with van der Waals surface area (Å²) in [4.78, 5) is 39.5. The van der Waals surface area contributed by atoms with Crippen LogP contribution in [0.25, 0.3) is 0 Å². The van der Waals surface area contributed by atoms with Crippen LogP contribution in [0.3, 0.4) is 0 Å². The molecule has 4 rings (SSSR count). The summed E-state index contributed by atoms with van der Waals surface area (Å²) in [7, 11) is 3.11. The Hall–Kier alpha value is -4.13. The summed E-state index contributed by atoms with van der Waals surface area (Å²) in [6.45, 7) is 0.419. The molecular weight excluding hydrogens is 408 g/mol. The van der Waals surface area contributed by atoms with Crippen molar-refractivity contribution in [3.8, 4) is 11.5 Å². The van der Waals surface area contributed by atoms with Crippen molar-refractivity contribution in [1.29, 1.82) is 0 Å². The molecule has 0 saturated heterocycles. The van der Waals surface area contributed by atoms with Crippen LogP contribution in [0.4, 0.5) is 0 Å². The Morgan fingerprint density at radius 3 is 2.34 bits per heavy atom. The van der Waals surface area contributed by atoms with Crippen molar-refractivity contribution in [3.63, 3.8) is 0 Å². The number of ether oxygens (including phenoxy) is 2. The molecule has 162 valence electrons. The highest BCUT2D eigenvalue weighted by molar-refractivity contribution is 6.22. The zero-order chi connectivity index (χ0) is 22.7. The molecule has 1 aliphatic heterocycles. The van der Waals surface area contributed by atoms with E-state index < -0.39 is 5.91 Å². The third kappa shape index (κ3) is 4.05. The molecule has 3 aromatic rings. The molecule has 7 nitrogen and oxygen atoms in total. The zero-order valence-electron chi connectivity index (χ0n) is 17.8. The minimum absolute atomic E-state index is 0.186. The van der Waals surface area contributed by atoms with E-state index >= 15 is 0 Å². The first-order valence-electron chi connectivity index (χ1n) is 10.0. The van der Waals surface area contributed by atoms with Gasteiger partial charge < -0.3 is 14.8 Å². The lowest BCUT2D eigenvalue weighted by Gasteiger charge is -2.13. The molecule has 32 heavy (non-hydrogen) atoms. The SMILES string of the molecule is COc1ccc(CNC(=O)c2ccc3c(c2)C(=O)N(Cc2ccccc2)C3=O)c(OC)c1. The Kier molecular flexibility index (Phi) is 5.89. The van der Waals surface area contributed by atoms with Gasteiger partial charge in [-0.2, -0.15) is 0 Å². The maximum Gasteiger partial charge on any atom is 0.261 e. The van der Waals surface area contributed by atoms with E-state index in [1.807, 2.05) is 36.4 Å². The van der Waals surface area contributed by atoms with Crippen LogP contribution in [-0.4, -0.2) is 36.8 Å². The lowest BCUT2D eigenvalue weighted by Crippen LogP contribution is -2.29. The Balaban J connectivity index is 1.49. The number of methoxy groups -OCH3 is 2. The number of hydrogen-bond donors (Lipinski definition) is 1. The van der Waals surface area contributed by atoms with Crippen molar-refractivity contribution in [3.05, 3.63) is 94.5 Å². The molecular formula is C25H22N2O5. The number of nitrogens with one attached hydrogen (secondary N) is 1. The van der Waals surface area contributed by atoms with E-state index in [1.54, 1.807) is 32.4 Å². The first-order chi connectivity index (χ1) is 15.5. The molecule has 0 fully saturated rings. The largest absolute Gasteiger partial charge is 0.497 e. The number of carbonyl (C=O) groups excluding carboxylic acids is 3. The molecule has 0 saturated carbocycles. The highest BCUT2D eigenvalue weighted by atomic mass is 16.5. The van der Waals surface area contributed by atoms with Gasteiger partial charge >= 0.3 is 0 Å². The smallest absolute Gasteiger partial charge is 0.261 e. The Morgan fingerprint density at radius 2 is 1.62 bits per heavy atom. The van der Waals surface area contributed by atoms with Crippen LogP contribution in [0.1, 0.15) is 42.2 Å². The molecule has 1 heterocycles. The molecule has 1 aliphatic rings. The van der Waals surface area contributed by atoms with Crippen LogP contribution in [0.15, 0.2) is 66.7 Å². The van der Waals surface area contributed by atoms with Gasteiger partial charge in [-0.3, -0.25) is 19.3 Å². The molecule has 7 heteroatoms. The zero-order valence-corrected chi connectivity index (χ0v) is 17.8. The normalized spacial score (nSPS) is 12.5. The van der Waals surface area contributed by atoms with Gasteiger partial charge in [-0.15, -0.1) is 0 Å². The summed E-state index contributed by atoms with van der Waals surface area (Å²) in [5, 5.41) is 2.83. The summed E-state index contributed by atoms with van der Waals surface area (Å²) < 4.78 is 10.5. The third-order valence-corrected chi connectivity index (χ3v) is 5.35. The Labute approximate surface area is 185 Å². The minimum Gasteiger partial charge on any atom is -0.497 e. The second-order valence-corrected chi connectivity index (χ2v) is 7.30. The monoisotopic (exact) mass is 430 g/mol. The fraction of sp³-hybridized carbons (Fsp3) is 0.160. The molecule has 0 spiro atoms. The van der Waals surface area contributed by atoms with Gasteiger partial charge in [-0.1, -0.05) is 30.3 Å². The maximum absolute atomic E-state index is 12.9. The lowest BCUT2D eigenvalue weighted by atomic mass is 10.1. The molecule has 3 aromatic carbocycles. The molecule has 1 N–H and O–H groups in total. The highest BCUT2D eigenvalue weighted by Gasteiger charge is 2.36. The van der Waals surface area contributed by atoms with E-state index in [4.69, 9.17) is 9.47 Å². The molecule has 0 aromatic heterocycles. The molecule has 0 bridgehead atoms. The van der Waals surface area contributed by atoms with E-state index in [2.05, 4.69) is 5.32 Å². The second kappa shape index (κ2) is 8.93. The van der Waals surface area contributed by atoms with Crippen molar-refractivity contribution in [2.24, 2.45) is 0 Å². The average Bonchev–Trinajstić information content (AvgIpc) is 3.07. The Morgan fingerprint density at radius 1 is 0.875 bits per heavy atom. The van der Waals surface area contributed by atoms with Crippen LogP contribution in [0, 0.1) is 0 Å². The first-order valence-corrected chi connectivity index (χ1v) is 10.0. The van der Waals surface area contributed by atoms with Gasteiger partial charge in [0, 0.05) is 23.7 Å². The second-order valence-electron chi connectivity index (χ2n) is 7.30. The van der Waals surface area contributed by atoms with Crippen LogP contribution in [0.5, 0.6) is 11.5 Å². The van der Waals surface area contributed by atoms with Crippen molar-refractivity contribution in [1.82, 2.24) is 10.2 Å². The van der Waals surface area contributed by atoms with E-state index in [0.717, 1.165) is 11.1 Å². The summed E-state index contributed by atoms with van der Waals surface area (Å²) in [6, 6.07) is 19.2. The number of nitrogens with zero attached hydrogens (tertiary/aromatic N) is 1. The molecule has 0 aliphatic carbocycles. The van der Waals surface area contributed by atoms with Crippen LogP contribution >= 0.6 is 0 Å². The number of benzene rings is 3. The van der Waals surface area contributed by atoms with Crippen LogP contribution < -0.4 is 14.8 Å². The molecule has 3 amide bonds. The number of carbonyl (C=O) groups is 3. The van der Waals surface area contributed by atoms with Gasteiger partial charge in [-0.25, -0.2) is 0 Å². The molecule has 0 unspecified atom stereocenters. The standard InChI is InChI=1S/C25H22N2O5/c1-31-19-10-8-18(22(13-19)32-2)14-26-23(28)17-9-11-20-21(12-17)25(30)27(24(20)29)15-16-6-4-3-5-7-16/h3-13H,14-15H2,1-2H3,(H,26,28). The summed E-state index contributed by atoms with van der Waals surface area (Å²) >= 11 is 0. The van der Waals surface area contributed by atoms with Crippen molar-refractivity contribution in [2.45, 2.75) is 13.1 Å². The quantitative estimate of drug-likeness (QED) is 0.581. The van der Waals surface area contributed by atoms with E-state index in [9.17, 15) is 14.4 Å². The summed E-state index contributed by atoms with van der Waals surface area (Å²) in [5.74, 6) is 0.131. The number of hydrogen-bond acceptors (Lipinski definition) is 5. The first kappa shape index (κ1) is 21.1. The minimum atomic E-state index is -0.402. The van der Waals surface area contributed by atoms with Crippen LogP contribution in [0.2, 0.25) is 0 Å². The summed E-state index contributed by atoms with van der Waals surface area (Å²) in [6.07, 6.45) is 0. The highest BCUT2D eigenvalue weighted by Crippen LogP contribution is 2.27. The van der Waals surface area contributed by atoms with E-state index in [-0.39, 0.29) is 30.5 Å². The fourth-order valence-corrected chi connectivity index (χ4v) is 3.62. The van der Waals surface area contributed by atoms with E-state index in [1.165, 1.54) is 17.0 Å². The Bertz CT molecular complexity index is 1190. The van der Waals surface area contributed by atoms with Gasteiger partial charge in [0.25, 0.3) is 17.7 Å². The van der Waals surface area contributed by atoms with Gasteiger partial charge in [0.05, 0.1) is 31.9 Å². The number of rotatable bonds is 7. The predicted octanol–water partition coefficient (Wildman–Crippen LogP) is 3.43.